The summed E-state index contributed by atoms with van der Waals surface area (Å²) in [5, 5.41) is 4.34. The number of ketones is 4. The van der Waals surface area contributed by atoms with Crippen molar-refractivity contribution in [2.75, 3.05) is 6.54 Å². The maximum atomic E-state index is 13.9. The Morgan fingerprint density at radius 2 is 1.72 bits per heavy atom. The monoisotopic (exact) mass is 634 g/mol. The summed E-state index contributed by atoms with van der Waals surface area (Å²) in [6.45, 7) is 1.82. The SMILES string of the molecule is CC(=O)CC1CCC(N)C(=O)[C@H](Cc2c[nH]c3ccccc23)NN[C@@H](CCCN=C(N)N)C(=O)CCC(=O)[C@H](Cc2cnc[nH]2)N1. The molecule has 0 amide bonds. The van der Waals surface area contributed by atoms with E-state index in [0.717, 1.165) is 22.2 Å². The van der Waals surface area contributed by atoms with Crippen molar-refractivity contribution < 1.29 is 19.2 Å². The molecule has 1 saturated heterocycles. The second-order valence-electron chi connectivity index (χ2n) is 12.0. The predicted molar refractivity (Wildman–Crippen MR) is 176 cm³/mol. The molecule has 5 atom stereocenters. The number of nitrogens with one attached hydrogen (secondary N) is 5. The fourth-order valence-electron chi connectivity index (χ4n) is 5.90. The molecule has 0 spiro atoms. The summed E-state index contributed by atoms with van der Waals surface area (Å²) >= 11 is 0. The van der Waals surface area contributed by atoms with E-state index in [1.165, 1.54) is 13.3 Å². The van der Waals surface area contributed by atoms with E-state index in [1.54, 1.807) is 6.20 Å². The van der Waals surface area contributed by atoms with Gasteiger partial charge < -0.3 is 32.5 Å². The number of hydrogen-bond donors (Lipinski definition) is 8. The summed E-state index contributed by atoms with van der Waals surface area (Å²) in [5.41, 5.74) is 26.3. The fraction of sp³-hybridized carbons (Fsp3) is 0.500. The number of para-hydroxylation sites is 1. The van der Waals surface area contributed by atoms with E-state index in [2.05, 4.69) is 36.1 Å². The Balaban J connectivity index is 1.61. The van der Waals surface area contributed by atoms with Crippen molar-refractivity contribution in [2.24, 2.45) is 22.2 Å². The number of nitrogens with zero attached hydrogens (tertiary/aromatic N) is 2. The van der Waals surface area contributed by atoms with E-state index in [0.29, 0.717) is 45.1 Å². The van der Waals surface area contributed by atoms with Crippen molar-refractivity contribution in [3.8, 4) is 0 Å². The van der Waals surface area contributed by atoms with Gasteiger partial charge in [-0.2, -0.15) is 0 Å². The highest BCUT2D eigenvalue weighted by Crippen LogP contribution is 2.20. The van der Waals surface area contributed by atoms with Crippen molar-refractivity contribution >= 4 is 40.0 Å². The number of nitrogens with two attached hydrogens (primary N) is 3. The van der Waals surface area contributed by atoms with Crippen LogP contribution in [0.25, 0.3) is 10.9 Å². The molecule has 1 aliphatic rings. The van der Waals surface area contributed by atoms with Crippen molar-refractivity contribution in [2.45, 2.75) is 94.9 Å². The molecule has 0 radical (unpaired) electrons. The largest absolute Gasteiger partial charge is 0.370 e. The van der Waals surface area contributed by atoms with Gasteiger partial charge in [0.25, 0.3) is 0 Å². The number of hydrazine groups is 1. The Labute approximate surface area is 268 Å². The molecule has 1 aromatic carbocycles. The molecule has 11 N–H and O–H groups in total. The number of Topliss-reactive ketones (excluding diaryl/α,β-unsaturated/α-hetero) is 4. The molecule has 14 heteroatoms. The first-order valence-electron chi connectivity index (χ1n) is 15.8. The number of hydrogen-bond acceptors (Lipinski definition) is 10. The summed E-state index contributed by atoms with van der Waals surface area (Å²) in [6.07, 6.45) is 7.38. The second kappa shape index (κ2) is 16.9. The lowest BCUT2D eigenvalue weighted by Gasteiger charge is -2.26. The molecular formula is C32H46N10O4. The average Bonchev–Trinajstić information content (AvgIpc) is 3.69. The van der Waals surface area contributed by atoms with Gasteiger partial charge in [0, 0.05) is 67.3 Å². The zero-order chi connectivity index (χ0) is 33.1. The molecule has 3 heterocycles. The van der Waals surface area contributed by atoms with Gasteiger partial charge in [0.2, 0.25) is 0 Å². The Hall–Kier alpha value is -4.24. The summed E-state index contributed by atoms with van der Waals surface area (Å²) in [5.74, 6) is -0.669. The zero-order valence-corrected chi connectivity index (χ0v) is 26.3. The van der Waals surface area contributed by atoms with Crippen LogP contribution in [0.3, 0.4) is 0 Å². The highest BCUT2D eigenvalue weighted by Gasteiger charge is 2.31. The van der Waals surface area contributed by atoms with Crippen molar-refractivity contribution in [3.63, 3.8) is 0 Å². The van der Waals surface area contributed by atoms with Crippen molar-refractivity contribution in [1.82, 2.24) is 31.1 Å². The van der Waals surface area contributed by atoms with E-state index in [9.17, 15) is 19.2 Å². The third kappa shape index (κ3) is 10.1. The highest BCUT2D eigenvalue weighted by molar-refractivity contribution is 5.92. The van der Waals surface area contributed by atoms with Gasteiger partial charge in [-0.3, -0.25) is 24.2 Å². The van der Waals surface area contributed by atoms with Crippen LogP contribution in [-0.4, -0.2) is 80.8 Å². The van der Waals surface area contributed by atoms with Crippen LogP contribution in [0.4, 0.5) is 0 Å². The molecule has 4 rings (SSSR count). The number of H-pyrrole nitrogens is 2. The number of fused-ring (bicyclic) bond motifs is 1. The first-order chi connectivity index (χ1) is 22.1. The number of imidazole rings is 1. The summed E-state index contributed by atoms with van der Waals surface area (Å²) < 4.78 is 0. The van der Waals surface area contributed by atoms with Gasteiger partial charge in [-0.05, 0) is 50.7 Å². The quantitative estimate of drug-likeness (QED) is 0.0866. The summed E-state index contributed by atoms with van der Waals surface area (Å²) in [7, 11) is 0. The van der Waals surface area contributed by atoms with E-state index in [4.69, 9.17) is 17.2 Å². The number of aromatic amines is 2. The minimum absolute atomic E-state index is 0.000716. The number of carbonyl (C=O) groups is 4. The minimum atomic E-state index is -0.858. The predicted octanol–water partition coefficient (Wildman–Crippen LogP) is 0.476. The minimum Gasteiger partial charge on any atom is -0.370 e. The molecule has 2 aromatic heterocycles. The van der Waals surface area contributed by atoms with Gasteiger partial charge in [-0.15, -0.1) is 0 Å². The molecule has 0 saturated carbocycles. The van der Waals surface area contributed by atoms with Crippen LogP contribution in [-0.2, 0) is 32.0 Å². The molecule has 2 unspecified atom stereocenters. The standard InChI is InChI=1S/C32H46N10O4/c1-19(43)13-21-8-9-24(33)31(46)28(14-20-16-38-25-6-3-2-5-23(20)25)42-41-26(7-4-12-37-32(34)35)29(44)10-11-30(45)27(40-21)15-22-17-36-18-39-22/h2-3,5-6,16-18,21,24,26-28,38,40-42H,4,7-15,33H2,1H3,(H,36,39)(H4,34,35,37)/t21?,24?,26-,27-,28-/m0/s1. The summed E-state index contributed by atoms with van der Waals surface area (Å²) in [4.78, 5) is 67.6. The van der Waals surface area contributed by atoms with Gasteiger partial charge in [0.1, 0.15) is 5.78 Å². The lowest BCUT2D eigenvalue weighted by Crippen LogP contribution is -2.56. The van der Waals surface area contributed by atoms with E-state index in [-0.39, 0.29) is 48.4 Å². The molecule has 46 heavy (non-hydrogen) atoms. The van der Waals surface area contributed by atoms with E-state index < -0.39 is 30.2 Å². The van der Waals surface area contributed by atoms with E-state index in [1.807, 2.05) is 30.5 Å². The van der Waals surface area contributed by atoms with Crippen LogP contribution in [0.5, 0.6) is 0 Å². The van der Waals surface area contributed by atoms with Gasteiger partial charge in [-0.25, -0.2) is 15.8 Å². The number of aromatic nitrogens is 3. The normalized spacial score (nSPS) is 24.0. The maximum absolute atomic E-state index is 13.9. The molecule has 3 aromatic rings. The third-order valence-corrected chi connectivity index (χ3v) is 8.36. The lowest BCUT2D eigenvalue weighted by atomic mass is 9.93. The van der Waals surface area contributed by atoms with Crippen LogP contribution in [0.15, 0.2) is 48.0 Å². The van der Waals surface area contributed by atoms with Crippen LogP contribution >= 0.6 is 0 Å². The van der Waals surface area contributed by atoms with Gasteiger partial charge in [-0.1, -0.05) is 18.2 Å². The highest BCUT2D eigenvalue weighted by atomic mass is 16.1. The second-order valence-corrected chi connectivity index (χ2v) is 12.0. The Morgan fingerprint density at radius 3 is 2.43 bits per heavy atom. The summed E-state index contributed by atoms with van der Waals surface area (Å²) in [6, 6.07) is 4.41. The Bertz CT molecular complexity index is 1500. The van der Waals surface area contributed by atoms with Crippen LogP contribution < -0.4 is 33.4 Å². The first-order valence-corrected chi connectivity index (χ1v) is 15.8. The molecule has 1 fully saturated rings. The third-order valence-electron chi connectivity index (χ3n) is 8.36. The van der Waals surface area contributed by atoms with Gasteiger partial charge in [0.05, 0.1) is 30.5 Å². The van der Waals surface area contributed by atoms with Gasteiger partial charge in [0.15, 0.2) is 23.3 Å². The molecule has 0 aliphatic carbocycles. The number of benzene rings is 1. The smallest absolute Gasteiger partial charge is 0.185 e. The molecule has 14 nitrogen and oxygen atoms in total. The van der Waals surface area contributed by atoms with Gasteiger partial charge >= 0.3 is 0 Å². The van der Waals surface area contributed by atoms with Crippen molar-refractivity contribution in [3.05, 3.63) is 54.2 Å². The van der Waals surface area contributed by atoms with Crippen LogP contribution in [0.2, 0.25) is 0 Å². The Kier molecular flexibility index (Phi) is 12.7. The van der Waals surface area contributed by atoms with E-state index >= 15 is 0 Å². The Morgan fingerprint density at radius 1 is 0.978 bits per heavy atom. The first kappa shape index (κ1) is 34.6. The molecule has 0 bridgehead atoms. The fourth-order valence-corrected chi connectivity index (χ4v) is 5.90. The molecule has 248 valence electrons. The van der Waals surface area contributed by atoms with Crippen LogP contribution in [0.1, 0.15) is 63.1 Å². The number of rotatable bonds is 10. The van der Waals surface area contributed by atoms with Crippen molar-refractivity contribution in [1.29, 1.82) is 0 Å². The molecule has 1 aliphatic heterocycles. The number of aliphatic imine (C=N–C) groups is 1. The topological polar surface area (TPSA) is 239 Å². The number of carbonyl (C=O) groups excluding carboxylic acids is 4. The molecular weight excluding hydrogens is 588 g/mol. The zero-order valence-electron chi connectivity index (χ0n) is 26.3. The number of guanidine groups is 1. The average molecular weight is 635 g/mol. The lowest BCUT2D eigenvalue weighted by molar-refractivity contribution is -0.127. The van der Waals surface area contributed by atoms with Crippen LogP contribution in [0, 0.1) is 0 Å². The maximum Gasteiger partial charge on any atom is 0.185 e.